The quantitative estimate of drug-likeness (QED) is 0.830. The van der Waals surface area contributed by atoms with Crippen LogP contribution in [0.5, 0.6) is 0 Å². The number of aliphatic hydroxyl groups is 1. The van der Waals surface area contributed by atoms with Gasteiger partial charge in [-0.15, -0.1) is 0 Å². The monoisotopic (exact) mass is 368 g/mol. The number of halogens is 8. The maximum Gasteiger partial charge on any atom is 0.435 e. The van der Waals surface area contributed by atoms with Gasteiger partial charge < -0.3 is 9.84 Å². The lowest BCUT2D eigenvalue weighted by molar-refractivity contribution is -0.215. The summed E-state index contributed by atoms with van der Waals surface area (Å²) >= 11 is 0. The van der Waals surface area contributed by atoms with Gasteiger partial charge in [0.15, 0.2) is 24.1 Å². The fourth-order valence-corrected chi connectivity index (χ4v) is 2.58. The lowest BCUT2D eigenvalue weighted by Crippen LogP contribution is -2.32. The molecule has 1 aliphatic rings. The number of aromatic nitrogens is 2. The van der Waals surface area contributed by atoms with Gasteiger partial charge in [0.2, 0.25) is 0 Å². The fraction of sp³-hybridized carbons (Fsp3) is 0.750. The molecule has 0 aliphatic heterocycles. The van der Waals surface area contributed by atoms with E-state index in [-0.39, 0.29) is 0 Å². The zero-order valence-electron chi connectivity index (χ0n) is 12.0. The summed E-state index contributed by atoms with van der Waals surface area (Å²) in [7, 11) is 0.756. The molecule has 1 aromatic heterocycles. The van der Waals surface area contributed by atoms with Crippen LogP contribution in [0.3, 0.4) is 0 Å². The molecule has 0 saturated heterocycles. The van der Waals surface area contributed by atoms with Crippen LogP contribution in [0.15, 0.2) is 0 Å². The van der Waals surface area contributed by atoms with Gasteiger partial charge in [-0.1, -0.05) is 0 Å². The molecule has 0 aromatic carbocycles. The molecule has 4 nitrogen and oxygen atoms in total. The summed E-state index contributed by atoms with van der Waals surface area (Å²) in [5.74, 6) is 0. The Morgan fingerprint density at radius 3 is 2.25 bits per heavy atom. The van der Waals surface area contributed by atoms with Crippen LogP contribution in [0.2, 0.25) is 0 Å². The predicted octanol–water partition coefficient (Wildman–Crippen LogP) is 3.27. The van der Waals surface area contributed by atoms with E-state index < -0.39 is 66.8 Å². The lowest BCUT2D eigenvalue weighted by Gasteiger charge is -2.19. The number of nitrogens with zero attached hydrogens (tertiary/aromatic N) is 2. The number of hydrogen-bond acceptors (Lipinski definition) is 3. The molecule has 0 fully saturated rings. The molecule has 1 heterocycles. The number of hydrogen-bond donors (Lipinski definition) is 1. The van der Waals surface area contributed by atoms with E-state index >= 15 is 0 Å². The Hall–Kier alpha value is -1.43. The number of methoxy groups -OCH3 is 1. The van der Waals surface area contributed by atoms with Gasteiger partial charge in [-0.05, 0) is 0 Å². The SMILES string of the molecule is COC(CCn1nc(C(F)(F)F)c2c1[C@@H](F)[C@@H](F)[C@H]2O)C(F)(F)F. The minimum atomic E-state index is -5.12. The summed E-state index contributed by atoms with van der Waals surface area (Å²) in [6, 6.07) is 0. The first kappa shape index (κ1) is 18.9. The van der Waals surface area contributed by atoms with Crippen LogP contribution >= 0.6 is 0 Å². The third-order valence-electron chi connectivity index (χ3n) is 3.69. The van der Waals surface area contributed by atoms with Gasteiger partial charge in [-0.25, -0.2) is 8.78 Å². The van der Waals surface area contributed by atoms with Crippen LogP contribution < -0.4 is 0 Å². The summed E-state index contributed by atoms with van der Waals surface area (Å²) in [4.78, 5) is 0. The van der Waals surface area contributed by atoms with Crippen LogP contribution in [-0.2, 0) is 17.5 Å². The molecule has 1 aliphatic carbocycles. The molecular weight excluding hydrogens is 356 g/mol. The van der Waals surface area contributed by atoms with E-state index in [2.05, 4.69) is 9.84 Å². The largest absolute Gasteiger partial charge is 0.435 e. The fourth-order valence-electron chi connectivity index (χ4n) is 2.58. The van der Waals surface area contributed by atoms with Gasteiger partial charge in [0.1, 0.15) is 6.10 Å². The topological polar surface area (TPSA) is 47.3 Å². The van der Waals surface area contributed by atoms with Gasteiger partial charge in [0, 0.05) is 25.6 Å². The van der Waals surface area contributed by atoms with E-state index in [1.165, 1.54) is 0 Å². The van der Waals surface area contributed by atoms with Crippen molar-refractivity contribution in [2.45, 2.75) is 49.9 Å². The van der Waals surface area contributed by atoms with Crippen molar-refractivity contribution in [3.63, 3.8) is 0 Å². The van der Waals surface area contributed by atoms with Crippen LogP contribution in [-0.4, -0.2) is 40.4 Å². The van der Waals surface area contributed by atoms with E-state index in [9.17, 15) is 40.2 Å². The van der Waals surface area contributed by atoms with Crippen molar-refractivity contribution < 1.29 is 45.0 Å². The van der Waals surface area contributed by atoms with E-state index in [0.29, 0.717) is 4.68 Å². The molecule has 0 amide bonds. The van der Waals surface area contributed by atoms with E-state index in [4.69, 9.17) is 0 Å². The average molecular weight is 368 g/mol. The lowest BCUT2D eigenvalue weighted by atomic mass is 10.1. The van der Waals surface area contributed by atoms with Gasteiger partial charge in [-0.3, -0.25) is 4.68 Å². The summed E-state index contributed by atoms with van der Waals surface area (Å²) in [5, 5.41) is 12.5. The average Bonchev–Trinajstić information content (AvgIpc) is 2.92. The maximum atomic E-state index is 13.8. The molecule has 138 valence electrons. The molecular formula is C12H12F8N2O2. The number of rotatable bonds is 4. The molecule has 0 bridgehead atoms. The highest BCUT2D eigenvalue weighted by Crippen LogP contribution is 2.48. The summed E-state index contributed by atoms with van der Waals surface area (Å²) in [5.41, 5.74) is -3.70. The molecule has 1 unspecified atom stereocenters. The van der Waals surface area contributed by atoms with Crippen LogP contribution in [0, 0.1) is 0 Å². The van der Waals surface area contributed by atoms with E-state index in [1.807, 2.05) is 0 Å². The van der Waals surface area contributed by atoms with Gasteiger partial charge in [0.05, 0.1) is 5.69 Å². The molecule has 0 saturated carbocycles. The number of aryl methyl sites for hydroxylation is 1. The second kappa shape index (κ2) is 6.14. The van der Waals surface area contributed by atoms with Crippen LogP contribution in [0.25, 0.3) is 0 Å². The molecule has 2 rings (SSSR count). The van der Waals surface area contributed by atoms with Crippen molar-refractivity contribution >= 4 is 0 Å². The van der Waals surface area contributed by atoms with Crippen molar-refractivity contribution in [3.05, 3.63) is 17.0 Å². The zero-order valence-corrected chi connectivity index (χ0v) is 12.0. The molecule has 0 spiro atoms. The van der Waals surface area contributed by atoms with Crippen LogP contribution in [0.4, 0.5) is 35.1 Å². The standard InChI is InChI=1S/C12H12F8N2O2/c1-24-4(11(15,16)17)2-3-22-8-5(9(23)7(14)6(8)13)10(21-22)12(18,19)20/h4,6-7,9,23H,2-3H2,1H3/t4?,6-,7+,9-/m0/s1. The van der Waals surface area contributed by atoms with E-state index in [0.717, 1.165) is 7.11 Å². The van der Waals surface area contributed by atoms with Gasteiger partial charge in [0.25, 0.3) is 0 Å². The van der Waals surface area contributed by atoms with Gasteiger partial charge in [-0.2, -0.15) is 31.4 Å². The van der Waals surface area contributed by atoms with Gasteiger partial charge >= 0.3 is 12.4 Å². The van der Waals surface area contributed by atoms with Crippen molar-refractivity contribution in [1.29, 1.82) is 0 Å². The highest BCUT2D eigenvalue weighted by atomic mass is 19.4. The zero-order chi connectivity index (χ0) is 18.4. The van der Waals surface area contributed by atoms with Crippen molar-refractivity contribution in [2.75, 3.05) is 7.11 Å². The first-order valence-electron chi connectivity index (χ1n) is 6.63. The highest BCUT2D eigenvalue weighted by molar-refractivity contribution is 5.38. The Balaban J connectivity index is 2.37. The summed E-state index contributed by atoms with van der Waals surface area (Å²) in [6.45, 7) is -0.795. The first-order valence-corrected chi connectivity index (χ1v) is 6.63. The Kier molecular flexibility index (Phi) is 4.83. The van der Waals surface area contributed by atoms with Crippen molar-refractivity contribution in [1.82, 2.24) is 9.78 Å². The molecule has 12 heteroatoms. The number of aliphatic hydroxyl groups excluding tert-OH is 1. The summed E-state index contributed by atoms with van der Waals surface area (Å²) < 4.78 is 108. The first-order chi connectivity index (χ1) is 10.9. The Bertz CT molecular complexity index is 597. The van der Waals surface area contributed by atoms with E-state index in [1.54, 1.807) is 0 Å². The highest BCUT2D eigenvalue weighted by Gasteiger charge is 2.51. The molecule has 24 heavy (non-hydrogen) atoms. The number of alkyl halides is 8. The van der Waals surface area contributed by atoms with Crippen molar-refractivity contribution in [2.24, 2.45) is 0 Å². The Morgan fingerprint density at radius 2 is 1.79 bits per heavy atom. The molecule has 0 radical (unpaired) electrons. The minimum absolute atomic E-state index is 0.309. The third-order valence-corrected chi connectivity index (χ3v) is 3.69. The minimum Gasteiger partial charge on any atom is -0.385 e. The summed E-state index contributed by atoms with van der Waals surface area (Å²) in [6.07, 6.45) is -20.7. The Morgan fingerprint density at radius 1 is 1.21 bits per heavy atom. The van der Waals surface area contributed by atoms with Crippen molar-refractivity contribution in [3.8, 4) is 0 Å². The molecule has 1 aromatic rings. The molecule has 1 N–H and O–H groups in total. The maximum absolute atomic E-state index is 13.8. The second-order valence-electron chi connectivity index (χ2n) is 5.21. The number of fused-ring (bicyclic) bond motifs is 1. The van der Waals surface area contributed by atoms with Crippen LogP contribution in [0.1, 0.15) is 35.6 Å². The molecule has 4 atom stereocenters. The predicted molar refractivity (Wildman–Crippen MR) is 62.4 cm³/mol. The Labute approximate surface area is 130 Å². The normalized spacial score (nSPS) is 25.8. The third kappa shape index (κ3) is 3.21. The second-order valence-corrected chi connectivity index (χ2v) is 5.21. The smallest absolute Gasteiger partial charge is 0.385 e. The number of ether oxygens (including phenoxy) is 1.